The molecular weight excluding hydrogens is 685 g/mol. The van der Waals surface area contributed by atoms with Crippen molar-refractivity contribution in [1.29, 1.82) is 0 Å². The molecule has 0 radical (unpaired) electrons. The molecule has 1 aromatic heterocycles. The van der Waals surface area contributed by atoms with Crippen LogP contribution in [0.3, 0.4) is 0 Å². The maximum atomic E-state index is 7.37. The molecule has 5 nitrogen and oxygen atoms in total. The zero-order valence-electron chi connectivity index (χ0n) is 30.2. The van der Waals surface area contributed by atoms with Crippen molar-refractivity contribution in [3.8, 4) is 56.8 Å². The number of hydrogen-bond acceptors (Lipinski definition) is 4. The van der Waals surface area contributed by atoms with E-state index in [2.05, 4.69) is 132 Å². The molecule has 0 aliphatic carbocycles. The lowest BCUT2D eigenvalue weighted by atomic mass is 9.63. The van der Waals surface area contributed by atoms with E-state index in [0.29, 0.717) is 23.2 Å². The Bertz CT molecular complexity index is 2910. The van der Waals surface area contributed by atoms with Crippen molar-refractivity contribution in [2.24, 2.45) is 0 Å². The largest absolute Gasteiger partial charge is 0.457 e. The molecule has 0 N–H and O–H groups in total. The summed E-state index contributed by atoms with van der Waals surface area (Å²) < 4.78 is 6.82. The van der Waals surface area contributed by atoms with Crippen LogP contribution < -0.4 is 4.74 Å². The van der Waals surface area contributed by atoms with Gasteiger partial charge in [0.1, 0.15) is 11.5 Å². The lowest BCUT2D eigenvalue weighted by Gasteiger charge is -2.41. The molecule has 0 amide bonds. The van der Waals surface area contributed by atoms with Gasteiger partial charge in [-0.05, 0) is 51.2 Å². The lowest BCUT2D eigenvalue weighted by molar-refractivity contribution is 0.434. The zero-order chi connectivity index (χ0) is 37.5. The summed E-state index contributed by atoms with van der Waals surface area (Å²) in [5.74, 6) is 3.23. The fourth-order valence-corrected chi connectivity index (χ4v) is 8.09. The monoisotopic (exact) mass is 716 g/mol. The van der Waals surface area contributed by atoms with E-state index in [1.165, 1.54) is 0 Å². The quantitative estimate of drug-likeness (QED) is 0.161. The molecule has 0 unspecified atom stereocenters. The first-order valence-corrected chi connectivity index (χ1v) is 18.5. The summed E-state index contributed by atoms with van der Waals surface area (Å²) >= 11 is 0. The van der Waals surface area contributed by atoms with Gasteiger partial charge < -0.3 is 4.74 Å². The Morgan fingerprint density at radius 1 is 0.429 bits per heavy atom. The van der Waals surface area contributed by atoms with Gasteiger partial charge >= 0.3 is 0 Å². The van der Waals surface area contributed by atoms with E-state index < -0.39 is 5.41 Å². The molecule has 0 saturated heterocycles. The predicted molar refractivity (Wildman–Crippen MR) is 224 cm³/mol. The van der Waals surface area contributed by atoms with Gasteiger partial charge in [0, 0.05) is 27.8 Å². The lowest BCUT2D eigenvalue weighted by Crippen LogP contribution is -2.34. The summed E-state index contributed by atoms with van der Waals surface area (Å²) in [5, 5.41) is 2.17. The summed E-state index contributed by atoms with van der Waals surface area (Å²) in [4.78, 5) is 19.1. The van der Waals surface area contributed by atoms with Gasteiger partial charge in [-0.15, -0.1) is 0 Å². The maximum absolute atomic E-state index is 7.37. The van der Waals surface area contributed by atoms with Crippen LogP contribution in [-0.4, -0.2) is 15.0 Å². The van der Waals surface area contributed by atoms with Gasteiger partial charge in [-0.2, -0.15) is 0 Å². The Kier molecular flexibility index (Phi) is 8.01. The third kappa shape index (κ3) is 5.52. The van der Waals surface area contributed by atoms with Gasteiger partial charge in [-0.1, -0.05) is 176 Å². The van der Waals surface area contributed by atoms with E-state index in [-0.39, 0.29) is 0 Å². The van der Waals surface area contributed by atoms with Gasteiger partial charge in [-0.3, -0.25) is 0 Å². The van der Waals surface area contributed by atoms with Crippen molar-refractivity contribution >= 4 is 16.5 Å². The van der Waals surface area contributed by atoms with Crippen LogP contribution in [0.15, 0.2) is 194 Å². The topological polar surface area (TPSA) is 52.3 Å². The van der Waals surface area contributed by atoms with Crippen molar-refractivity contribution in [2.45, 2.75) is 5.41 Å². The minimum absolute atomic E-state index is 0.542. The average molecular weight is 717 g/mol. The van der Waals surface area contributed by atoms with E-state index >= 15 is 0 Å². The van der Waals surface area contributed by atoms with Gasteiger partial charge in [0.15, 0.2) is 23.2 Å². The number of para-hydroxylation sites is 1. The minimum atomic E-state index is -0.628. The van der Waals surface area contributed by atoms with Crippen LogP contribution in [0.4, 0.5) is 5.69 Å². The fraction of sp³-hybridized carbons (Fsp3) is 0.0196. The van der Waals surface area contributed by atoms with E-state index in [9.17, 15) is 0 Å². The number of nitrogens with zero attached hydrogens (tertiary/aromatic N) is 4. The second kappa shape index (κ2) is 13.6. The van der Waals surface area contributed by atoms with Crippen LogP contribution >= 0.6 is 0 Å². The molecule has 262 valence electrons. The van der Waals surface area contributed by atoms with Crippen molar-refractivity contribution < 1.29 is 4.74 Å². The van der Waals surface area contributed by atoms with Gasteiger partial charge in [0.2, 0.25) is 0 Å². The normalized spacial score (nSPS) is 12.6. The summed E-state index contributed by atoms with van der Waals surface area (Å²) in [6.07, 6.45) is 0. The minimum Gasteiger partial charge on any atom is -0.457 e. The number of hydrogen-bond donors (Lipinski definition) is 0. The first-order chi connectivity index (χ1) is 27.7. The number of rotatable bonds is 6. The summed E-state index contributed by atoms with van der Waals surface area (Å²) in [6, 6.07) is 66.4. The number of benzene rings is 8. The number of ether oxygens (including phenoxy) is 1. The second-order valence-corrected chi connectivity index (χ2v) is 13.9. The van der Waals surface area contributed by atoms with Crippen molar-refractivity contribution in [3.05, 3.63) is 228 Å². The first kappa shape index (κ1) is 32.9. The highest BCUT2D eigenvalue weighted by Crippen LogP contribution is 2.55. The van der Waals surface area contributed by atoms with E-state index in [4.69, 9.17) is 26.3 Å². The van der Waals surface area contributed by atoms with Gasteiger partial charge in [0.05, 0.1) is 12.0 Å². The standard InChI is InChI=1S/C51H32N4O/c1-52-41-29-26-34(27-30-41)36-16-12-17-37(32-36)48-53-49(55-50(54-48)43-23-13-15-35-14-8-9-22-42(35)43)38-28-31-45-47(33-38)56-46-25-11-10-24-44(46)51(45,39-18-4-2-5-19-39)40-20-6-3-7-21-40/h2-33H. The maximum Gasteiger partial charge on any atom is 0.187 e. The molecule has 1 aliphatic rings. The van der Waals surface area contributed by atoms with Crippen LogP contribution in [0.1, 0.15) is 22.3 Å². The third-order valence-corrected chi connectivity index (χ3v) is 10.7. The Morgan fingerprint density at radius 3 is 1.75 bits per heavy atom. The van der Waals surface area contributed by atoms with E-state index in [1.54, 1.807) is 0 Å². The highest BCUT2D eigenvalue weighted by Gasteiger charge is 2.45. The Balaban J connectivity index is 1.18. The molecule has 0 fully saturated rings. The molecule has 0 atom stereocenters. The smallest absolute Gasteiger partial charge is 0.187 e. The molecule has 8 aromatic carbocycles. The van der Waals surface area contributed by atoms with E-state index in [1.807, 2.05) is 66.7 Å². The van der Waals surface area contributed by atoms with Gasteiger partial charge in [0.25, 0.3) is 0 Å². The number of fused-ring (bicyclic) bond motifs is 3. The first-order valence-electron chi connectivity index (χ1n) is 18.5. The van der Waals surface area contributed by atoms with Crippen molar-refractivity contribution in [1.82, 2.24) is 15.0 Å². The fourth-order valence-electron chi connectivity index (χ4n) is 8.09. The molecule has 2 heterocycles. The third-order valence-electron chi connectivity index (χ3n) is 10.7. The summed E-state index contributed by atoms with van der Waals surface area (Å²) in [5.41, 5.74) is 9.02. The SMILES string of the molecule is [C-]#[N+]c1ccc(-c2cccc(-c3nc(-c4ccc5c(c4)Oc4ccccc4C5(c4ccccc4)c4ccccc4)nc(-c4cccc5ccccc45)n3)c2)cc1. The molecule has 5 heteroatoms. The molecule has 10 rings (SSSR count). The molecule has 0 bridgehead atoms. The van der Waals surface area contributed by atoms with Crippen LogP contribution in [0.5, 0.6) is 11.5 Å². The Labute approximate surface area is 325 Å². The van der Waals surface area contributed by atoms with Crippen LogP contribution in [0.2, 0.25) is 0 Å². The molecule has 0 saturated carbocycles. The highest BCUT2D eigenvalue weighted by molar-refractivity contribution is 5.95. The Hall–Kier alpha value is -7.68. The Morgan fingerprint density at radius 2 is 1.00 bits per heavy atom. The molecular formula is C51H32N4O. The summed E-state index contributed by atoms with van der Waals surface area (Å²) in [7, 11) is 0. The van der Waals surface area contributed by atoms with Crippen LogP contribution in [0.25, 0.3) is 60.9 Å². The molecule has 0 spiro atoms. The van der Waals surface area contributed by atoms with Crippen molar-refractivity contribution in [3.63, 3.8) is 0 Å². The van der Waals surface area contributed by atoms with E-state index in [0.717, 1.165) is 72.3 Å². The average Bonchev–Trinajstić information content (AvgIpc) is 3.28. The van der Waals surface area contributed by atoms with Gasteiger partial charge in [-0.25, -0.2) is 19.8 Å². The zero-order valence-corrected chi connectivity index (χ0v) is 30.2. The molecule has 9 aromatic rings. The second-order valence-electron chi connectivity index (χ2n) is 13.9. The highest BCUT2D eigenvalue weighted by atomic mass is 16.5. The van der Waals surface area contributed by atoms with Crippen LogP contribution in [0, 0.1) is 6.57 Å². The molecule has 56 heavy (non-hydrogen) atoms. The molecule has 1 aliphatic heterocycles. The van der Waals surface area contributed by atoms with Crippen molar-refractivity contribution in [2.75, 3.05) is 0 Å². The summed E-state index contributed by atoms with van der Waals surface area (Å²) in [6.45, 7) is 7.37. The van der Waals surface area contributed by atoms with Crippen LogP contribution in [-0.2, 0) is 5.41 Å². The predicted octanol–water partition coefficient (Wildman–Crippen LogP) is 12.7. The number of aromatic nitrogens is 3.